The topological polar surface area (TPSA) is 64.6 Å². The summed E-state index contributed by atoms with van der Waals surface area (Å²) >= 11 is 0. The monoisotopic (exact) mass is 425 g/mol. The van der Waals surface area contributed by atoms with E-state index in [1.54, 1.807) is 0 Å². The molecule has 2 saturated carbocycles. The maximum absolute atomic E-state index is 12.9. The second-order valence-corrected chi connectivity index (χ2v) is 8.93. The van der Waals surface area contributed by atoms with E-state index >= 15 is 0 Å². The van der Waals surface area contributed by atoms with Crippen molar-refractivity contribution < 1.29 is 19.1 Å². The summed E-state index contributed by atoms with van der Waals surface area (Å²) in [6.07, 6.45) is 1.79. The summed E-state index contributed by atoms with van der Waals surface area (Å²) in [4.78, 5) is 25.1. The molecule has 1 saturated heterocycles. The number of fused-ring (bicyclic) bond motifs is 1. The molecular formula is C27H23NO4. The molecule has 1 amide bonds. The number of hydrogen-bond donors (Lipinski definition) is 1. The first-order chi connectivity index (χ1) is 15.7. The highest BCUT2D eigenvalue weighted by atomic mass is 16.6. The Labute approximate surface area is 186 Å². The van der Waals surface area contributed by atoms with Crippen molar-refractivity contribution >= 4 is 17.6 Å². The molecule has 1 heterocycles. The Morgan fingerprint density at radius 2 is 1.50 bits per heavy atom. The molecule has 2 bridgehead atoms. The van der Waals surface area contributed by atoms with Crippen molar-refractivity contribution in [2.75, 3.05) is 5.32 Å². The van der Waals surface area contributed by atoms with Crippen molar-refractivity contribution in [1.82, 2.24) is 0 Å². The largest absolute Gasteiger partial charge is 0.462 e. The third-order valence-electron chi connectivity index (χ3n) is 7.10. The summed E-state index contributed by atoms with van der Waals surface area (Å²) in [5, 5.41) is 2.99. The van der Waals surface area contributed by atoms with Crippen LogP contribution in [0.3, 0.4) is 0 Å². The lowest BCUT2D eigenvalue weighted by Gasteiger charge is -2.23. The van der Waals surface area contributed by atoms with Crippen molar-refractivity contribution in [2.24, 2.45) is 23.7 Å². The maximum atomic E-state index is 12.9. The van der Waals surface area contributed by atoms with Gasteiger partial charge in [0.25, 0.3) is 0 Å². The summed E-state index contributed by atoms with van der Waals surface area (Å²) in [5.74, 6) is 1.11. The van der Waals surface area contributed by atoms with Crippen LogP contribution in [0.15, 0.2) is 78.9 Å². The lowest BCUT2D eigenvalue weighted by Crippen LogP contribution is -2.35. The van der Waals surface area contributed by atoms with Crippen LogP contribution in [-0.2, 0) is 14.3 Å². The van der Waals surface area contributed by atoms with Gasteiger partial charge in [-0.2, -0.15) is 0 Å². The molecule has 32 heavy (non-hydrogen) atoms. The highest BCUT2D eigenvalue weighted by Crippen LogP contribution is 2.57. The van der Waals surface area contributed by atoms with Crippen molar-refractivity contribution in [3.63, 3.8) is 0 Å². The Morgan fingerprint density at radius 3 is 2.22 bits per heavy atom. The molecule has 2 aliphatic carbocycles. The zero-order valence-electron chi connectivity index (χ0n) is 17.4. The molecule has 1 aliphatic heterocycles. The number of carbonyl (C=O) groups excluding carboxylic acids is 2. The van der Waals surface area contributed by atoms with Crippen LogP contribution in [0.5, 0.6) is 11.5 Å². The van der Waals surface area contributed by atoms with Gasteiger partial charge in [0.05, 0.1) is 11.8 Å². The Bertz CT molecular complexity index is 1150. The molecular weight excluding hydrogens is 402 g/mol. The van der Waals surface area contributed by atoms with Gasteiger partial charge in [0.2, 0.25) is 5.91 Å². The number of benzene rings is 3. The molecule has 3 aromatic carbocycles. The second-order valence-electron chi connectivity index (χ2n) is 8.93. The van der Waals surface area contributed by atoms with Gasteiger partial charge in [-0.15, -0.1) is 0 Å². The van der Waals surface area contributed by atoms with Crippen LogP contribution < -0.4 is 10.1 Å². The van der Waals surface area contributed by atoms with Gasteiger partial charge in [0.15, 0.2) is 0 Å². The second kappa shape index (κ2) is 7.52. The van der Waals surface area contributed by atoms with Crippen molar-refractivity contribution in [2.45, 2.75) is 18.9 Å². The predicted molar refractivity (Wildman–Crippen MR) is 120 cm³/mol. The molecule has 1 N–H and O–H groups in total. The zero-order chi connectivity index (χ0) is 21.7. The minimum absolute atomic E-state index is 0.0414. The van der Waals surface area contributed by atoms with Gasteiger partial charge in [-0.3, -0.25) is 9.59 Å². The number of anilines is 1. The lowest BCUT2D eigenvalue weighted by molar-refractivity contribution is -0.145. The summed E-state index contributed by atoms with van der Waals surface area (Å²) < 4.78 is 11.4. The van der Waals surface area contributed by atoms with Crippen LogP contribution in [0, 0.1) is 23.7 Å². The minimum atomic E-state index is -0.273. The van der Waals surface area contributed by atoms with Gasteiger partial charge in [0, 0.05) is 11.6 Å². The predicted octanol–water partition coefficient (Wildman–Crippen LogP) is 5.28. The summed E-state index contributed by atoms with van der Waals surface area (Å²) in [7, 11) is 0. The van der Waals surface area contributed by atoms with Crippen molar-refractivity contribution in [1.29, 1.82) is 0 Å². The normalized spacial score (nSPS) is 27.2. The molecule has 3 aliphatic rings. The van der Waals surface area contributed by atoms with E-state index in [0.717, 1.165) is 29.7 Å². The number of ether oxygens (including phenoxy) is 2. The Morgan fingerprint density at radius 1 is 0.844 bits per heavy atom. The van der Waals surface area contributed by atoms with E-state index in [4.69, 9.17) is 9.47 Å². The molecule has 0 radical (unpaired) electrons. The van der Waals surface area contributed by atoms with Gasteiger partial charge in [-0.1, -0.05) is 42.5 Å². The molecule has 0 aromatic heterocycles. The quantitative estimate of drug-likeness (QED) is 0.565. The zero-order valence-corrected chi connectivity index (χ0v) is 17.4. The molecule has 6 rings (SSSR count). The third kappa shape index (κ3) is 3.25. The fourth-order valence-corrected chi connectivity index (χ4v) is 5.68. The van der Waals surface area contributed by atoms with E-state index in [-0.39, 0.29) is 41.7 Å². The third-order valence-corrected chi connectivity index (χ3v) is 7.10. The fourth-order valence-electron chi connectivity index (χ4n) is 5.68. The van der Waals surface area contributed by atoms with Crippen LogP contribution in [-0.4, -0.2) is 18.0 Å². The van der Waals surface area contributed by atoms with E-state index in [1.807, 2.05) is 66.7 Å². The first kappa shape index (κ1) is 19.1. The van der Waals surface area contributed by atoms with Crippen molar-refractivity contribution in [3.05, 3.63) is 78.9 Å². The Hall–Kier alpha value is -3.60. The number of rotatable bonds is 5. The number of hydrogen-bond acceptors (Lipinski definition) is 4. The summed E-state index contributed by atoms with van der Waals surface area (Å²) in [6.45, 7) is 0. The van der Waals surface area contributed by atoms with E-state index in [1.165, 1.54) is 0 Å². The van der Waals surface area contributed by atoms with Gasteiger partial charge < -0.3 is 14.8 Å². The number of esters is 1. The van der Waals surface area contributed by atoms with Gasteiger partial charge >= 0.3 is 5.97 Å². The fraction of sp³-hybridized carbons (Fsp3) is 0.259. The van der Waals surface area contributed by atoms with Gasteiger partial charge in [-0.05, 0) is 66.3 Å². The lowest BCUT2D eigenvalue weighted by atomic mass is 9.79. The van der Waals surface area contributed by atoms with Gasteiger partial charge in [-0.25, -0.2) is 0 Å². The summed E-state index contributed by atoms with van der Waals surface area (Å²) in [5.41, 5.74) is 3.00. The van der Waals surface area contributed by atoms with Crippen LogP contribution in [0.25, 0.3) is 11.1 Å². The average Bonchev–Trinajstić information content (AvgIpc) is 3.45. The number of amides is 1. The van der Waals surface area contributed by atoms with E-state index in [2.05, 4.69) is 17.4 Å². The molecule has 0 spiro atoms. The molecule has 5 heteroatoms. The number of nitrogens with one attached hydrogen (secondary N) is 1. The maximum Gasteiger partial charge on any atom is 0.310 e. The molecule has 160 valence electrons. The van der Waals surface area contributed by atoms with Gasteiger partial charge in [0.1, 0.15) is 17.6 Å². The first-order valence-electron chi connectivity index (χ1n) is 11.1. The smallest absolute Gasteiger partial charge is 0.310 e. The Balaban J connectivity index is 1.10. The van der Waals surface area contributed by atoms with Crippen LogP contribution in [0.1, 0.15) is 12.8 Å². The van der Waals surface area contributed by atoms with Crippen LogP contribution >= 0.6 is 0 Å². The highest BCUT2D eigenvalue weighted by molar-refractivity contribution is 5.97. The molecule has 5 nitrogen and oxygen atoms in total. The highest BCUT2D eigenvalue weighted by Gasteiger charge is 2.63. The summed E-state index contributed by atoms with van der Waals surface area (Å²) in [6, 6.07) is 25.5. The van der Waals surface area contributed by atoms with Crippen LogP contribution in [0.2, 0.25) is 0 Å². The van der Waals surface area contributed by atoms with Crippen LogP contribution in [0.4, 0.5) is 5.69 Å². The standard InChI is InChI=1S/C27H23NO4/c29-26(24-18-14-22-23(15-18)32-27(30)25(22)24)28-19-8-12-21(13-9-19)31-20-10-6-17(7-11-20)16-4-2-1-3-5-16/h1-13,18,22-25H,14-15H2,(H,28,29)/t18-,22+,23+,24-,25+/m1/s1. The van der Waals surface area contributed by atoms with E-state index < -0.39 is 0 Å². The molecule has 3 fully saturated rings. The minimum Gasteiger partial charge on any atom is -0.462 e. The van der Waals surface area contributed by atoms with E-state index in [0.29, 0.717) is 11.4 Å². The average molecular weight is 425 g/mol. The SMILES string of the molecule is O=C(Nc1ccc(Oc2ccc(-c3ccccc3)cc2)cc1)[C@@H]1[C@@H]2C[C@@H]3[C@@H]1C(=O)O[C@H]3C2. The van der Waals surface area contributed by atoms with E-state index in [9.17, 15) is 9.59 Å². The first-order valence-corrected chi connectivity index (χ1v) is 11.1. The Kier molecular flexibility index (Phi) is 4.49. The van der Waals surface area contributed by atoms with Crippen molar-refractivity contribution in [3.8, 4) is 22.6 Å². The number of carbonyl (C=O) groups is 2. The molecule has 0 unspecified atom stereocenters. The molecule has 3 aromatic rings. The molecule has 5 atom stereocenters.